The molecule has 1 aliphatic rings. The van der Waals surface area contributed by atoms with Crippen molar-refractivity contribution in [1.82, 2.24) is 4.98 Å². The molecule has 0 saturated carbocycles. The molecule has 5 heteroatoms. The van der Waals surface area contributed by atoms with Gasteiger partial charge in [-0.1, -0.05) is 0 Å². The van der Waals surface area contributed by atoms with Gasteiger partial charge >= 0.3 is 0 Å². The molecule has 1 fully saturated rings. The Labute approximate surface area is 103 Å². The summed E-state index contributed by atoms with van der Waals surface area (Å²) in [6.07, 6.45) is 3.09. The summed E-state index contributed by atoms with van der Waals surface area (Å²) in [5.41, 5.74) is 0.931. The third-order valence-corrected chi connectivity index (χ3v) is 2.94. The van der Waals surface area contributed by atoms with E-state index in [1.165, 1.54) is 0 Å². The Morgan fingerprint density at radius 1 is 1.69 bits per heavy atom. The second kappa shape index (κ2) is 4.93. The summed E-state index contributed by atoms with van der Waals surface area (Å²) in [5.74, 6) is 0.499. The van der Waals surface area contributed by atoms with E-state index in [0.717, 1.165) is 22.9 Å². The molecule has 1 aliphatic heterocycles. The van der Waals surface area contributed by atoms with Gasteiger partial charge in [-0.15, -0.1) is 0 Å². The fourth-order valence-electron chi connectivity index (χ4n) is 1.65. The summed E-state index contributed by atoms with van der Waals surface area (Å²) >= 11 is 3.33. The molecule has 2 rings (SSSR count). The number of carbonyl (C=O) groups excluding carboxylic acids is 1. The molecule has 1 saturated heterocycles. The predicted octanol–water partition coefficient (Wildman–Crippen LogP) is 2.27. The second-order valence-corrected chi connectivity index (χ2v) is 4.73. The van der Waals surface area contributed by atoms with E-state index in [9.17, 15) is 4.79 Å². The molecule has 0 bridgehead atoms. The van der Waals surface area contributed by atoms with E-state index in [2.05, 4.69) is 26.2 Å². The number of hydrogen-bond donors (Lipinski definition) is 1. The zero-order chi connectivity index (χ0) is 11.5. The highest BCUT2D eigenvalue weighted by Gasteiger charge is 2.24. The van der Waals surface area contributed by atoms with E-state index in [0.29, 0.717) is 12.4 Å². The van der Waals surface area contributed by atoms with E-state index in [4.69, 9.17) is 4.74 Å². The van der Waals surface area contributed by atoms with Gasteiger partial charge in [-0.05, 0) is 47.3 Å². The van der Waals surface area contributed by atoms with Crippen molar-refractivity contribution < 1.29 is 9.53 Å². The molecule has 0 aromatic carbocycles. The van der Waals surface area contributed by atoms with E-state index in [1.807, 2.05) is 13.0 Å². The highest BCUT2D eigenvalue weighted by molar-refractivity contribution is 9.10. The summed E-state index contributed by atoms with van der Waals surface area (Å²) in [4.78, 5) is 15.9. The number of aryl methyl sites for hydroxylation is 1. The van der Waals surface area contributed by atoms with E-state index < -0.39 is 0 Å². The third kappa shape index (κ3) is 2.59. The molecular formula is C11H13BrN2O2. The summed E-state index contributed by atoms with van der Waals surface area (Å²) in [5, 5.41) is 2.78. The fourth-order valence-corrected chi connectivity index (χ4v) is 2.10. The molecule has 0 aliphatic carbocycles. The maximum atomic E-state index is 11.8. The normalized spacial score (nSPS) is 19.8. The largest absolute Gasteiger partial charge is 0.368 e. The fraction of sp³-hybridized carbons (Fsp3) is 0.455. The van der Waals surface area contributed by atoms with Crippen LogP contribution >= 0.6 is 15.9 Å². The van der Waals surface area contributed by atoms with Crippen LogP contribution in [0.3, 0.4) is 0 Å². The van der Waals surface area contributed by atoms with Gasteiger partial charge in [0.2, 0.25) is 0 Å². The zero-order valence-corrected chi connectivity index (χ0v) is 10.6. The summed E-state index contributed by atoms with van der Waals surface area (Å²) in [6.45, 7) is 2.58. The molecule has 16 heavy (non-hydrogen) atoms. The number of rotatable bonds is 2. The van der Waals surface area contributed by atoms with Gasteiger partial charge in [0.25, 0.3) is 5.91 Å². The lowest BCUT2D eigenvalue weighted by molar-refractivity contribution is -0.124. The van der Waals surface area contributed by atoms with Gasteiger partial charge in [0.05, 0.1) is 0 Å². The van der Waals surface area contributed by atoms with E-state index in [1.54, 1.807) is 6.20 Å². The van der Waals surface area contributed by atoms with Crippen LogP contribution in [0.2, 0.25) is 0 Å². The number of ether oxygens (including phenoxy) is 1. The van der Waals surface area contributed by atoms with Crippen molar-refractivity contribution in [3.05, 3.63) is 22.3 Å². The lowest BCUT2D eigenvalue weighted by Crippen LogP contribution is -2.27. The monoisotopic (exact) mass is 284 g/mol. The Bertz CT molecular complexity index is 403. The van der Waals surface area contributed by atoms with Gasteiger partial charge in [0.15, 0.2) is 0 Å². The van der Waals surface area contributed by atoms with Crippen molar-refractivity contribution in [1.29, 1.82) is 0 Å². The molecule has 1 unspecified atom stereocenters. The van der Waals surface area contributed by atoms with Crippen LogP contribution in [0.1, 0.15) is 18.4 Å². The van der Waals surface area contributed by atoms with Crippen LogP contribution in [0.25, 0.3) is 0 Å². The van der Waals surface area contributed by atoms with Crippen LogP contribution in [0.4, 0.5) is 5.82 Å². The van der Waals surface area contributed by atoms with Crippen LogP contribution in [-0.4, -0.2) is 23.6 Å². The van der Waals surface area contributed by atoms with Crippen LogP contribution in [0.15, 0.2) is 16.7 Å². The first-order chi connectivity index (χ1) is 7.66. The molecule has 1 aromatic heterocycles. The number of nitrogens with one attached hydrogen (secondary N) is 1. The first kappa shape index (κ1) is 11.5. The zero-order valence-electron chi connectivity index (χ0n) is 9.00. The minimum Gasteiger partial charge on any atom is -0.368 e. The number of aromatic nitrogens is 1. The van der Waals surface area contributed by atoms with Crippen molar-refractivity contribution in [3.8, 4) is 0 Å². The first-order valence-electron chi connectivity index (χ1n) is 5.21. The molecule has 1 aromatic rings. The molecule has 2 heterocycles. The van der Waals surface area contributed by atoms with Gasteiger partial charge in [0.1, 0.15) is 11.9 Å². The van der Waals surface area contributed by atoms with E-state index >= 15 is 0 Å². The molecule has 1 N–H and O–H groups in total. The van der Waals surface area contributed by atoms with Gasteiger partial charge in [-0.3, -0.25) is 4.79 Å². The van der Waals surface area contributed by atoms with Crippen molar-refractivity contribution in [2.45, 2.75) is 25.9 Å². The highest BCUT2D eigenvalue weighted by Crippen LogP contribution is 2.19. The molecule has 4 nitrogen and oxygen atoms in total. The topological polar surface area (TPSA) is 51.2 Å². The van der Waals surface area contributed by atoms with Gasteiger partial charge < -0.3 is 10.1 Å². The van der Waals surface area contributed by atoms with Crippen LogP contribution in [-0.2, 0) is 9.53 Å². The second-order valence-electron chi connectivity index (χ2n) is 3.81. The third-order valence-electron chi connectivity index (χ3n) is 2.51. The SMILES string of the molecule is Cc1cc(Br)cnc1NC(=O)C1CCCO1. The number of hydrogen-bond acceptors (Lipinski definition) is 3. The van der Waals surface area contributed by atoms with Crippen molar-refractivity contribution in [2.75, 3.05) is 11.9 Å². The molecule has 1 atom stereocenters. The highest BCUT2D eigenvalue weighted by atomic mass is 79.9. The number of pyridine rings is 1. The smallest absolute Gasteiger partial charge is 0.254 e. The molecule has 0 radical (unpaired) electrons. The number of anilines is 1. The number of halogens is 1. The van der Waals surface area contributed by atoms with Gasteiger partial charge in [-0.2, -0.15) is 0 Å². The predicted molar refractivity (Wildman–Crippen MR) is 64.3 cm³/mol. The number of amides is 1. The molecule has 1 amide bonds. The summed E-state index contributed by atoms with van der Waals surface area (Å²) in [6, 6.07) is 1.91. The number of carbonyl (C=O) groups is 1. The van der Waals surface area contributed by atoms with Gasteiger partial charge in [0, 0.05) is 17.3 Å². The average Bonchev–Trinajstić information content (AvgIpc) is 2.75. The Morgan fingerprint density at radius 2 is 2.50 bits per heavy atom. The van der Waals surface area contributed by atoms with Crippen molar-refractivity contribution >= 4 is 27.7 Å². The van der Waals surface area contributed by atoms with Crippen molar-refractivity contribution in [3.63, 3.8) is 0 Å². The maximum absolute atomic E-state index is 11.8. The lowest BCUT2D eigenvalue weighted by atomic mass is 10.2. The summed E-state index contributed by atoms with van der Waals surface area (Å²) in [7, 11) is 0. The standard InChI is InChI=1S/C11H13BrN2O2/c1-7-5-8(12)6-13-10(7)14-11(15)9-3-2-4-16-9/h5-6,9H,2-4H2,1H3,(H,13,14,15). The minimum atomic E-state index is -0.315. The molecule has 86 valence electrons. The van der Waals surface area contributed by atoms with E-state index in [-0.39, 0.29) is 12.0 Å². The van der Waals surface area contributed by atoms with Crippen LogP contribution in [0, 0.1) is 6.92 Å². The van der Waals surface area contributed by atoms with Crippen molar-refractivity contribution in [2.24, 2.45) is 0 Å². The quantitative estimate of drug-likeness (QED) is 0.907. The Hall–Kier alpha value is -0.940. The number of nitrogens with zero attached hydrogens (tertiary/aromatic N) is 1. The first-order valence-corrected chi connectivity index (χ1v) is 6.01. The maximum Gasteiger partial charge on any atom is 0.254 e. The molecule has 0 spiro atoms. The van der Waals surface area contributed by atoms with Crippen LogP contribution < -0.4 is 5.32 Å². The Kier molecular flexibility index (Phi) is 3.56. The molecular weight excluding hydrogens is 272 g/mol. The average molecular weight is 285 g/mol. The summed E-state index contributed by atoms with van der Waals surface area (Å²) < 4.78 is 6.20. The minimum absolute atomic E-state index is 0.101. The lowest BCUT2D eigenvalue weighted by Gasteiger charge is -2.11. The Morgan fingerprint density at radius 3 is 3.12 bits per heavy atom. The Balaban J connectivity index is 2.05. The van der Waals surface area contributed by atoms with Gasteiger partial charge in [-0.25, -0.2) is 4.98 Å². The van der Waals surface area contributed by atoms with Crippen LogP contribution in [0.5, 0.6) is 0 Å².